The van der Waals surface area contributed by atoms with E-state index in [0.29, 0.717) is 12.1 Å². The van der Waals surface area contributed by atoms with E-state index in [1.54, 1.807) is 4.57 Å². The highest BCUT2D eigenvalue weighted by Crippen LogP contribution is 2.18. The Balaban J connectivity index is 2.10. The number of hydrogen-bond donors (Lipinski definition) is 0. The van der Waals surface area contributed by atoms with Crippen LogP contribution < -0.4 is 5.76 Å². The first-order chi connectivity index (χ1) is 9.13. The van der Waals surface area contributed by atoms with Gasteiger partial charge in [0.05, 0.1) is 12.1 Å². The molecule has 0 spiro atoms. The van der Waals surface area contributed by atoms with E-state index < -0.39 is 0 Å². The second-order valence-corrected chi connectivity index (χ2v) is 6.36. The van der Waals surface area contributed by atoms with Gasteiger partial charge in [-0.1, -0.05) is 28.1 Å². The Morgan fingerprint density at radius 3 is 2.84 bits per heavy atom. The lowest BCUT2D eigenvalue weighted by atomic mass is 10.2. The molecule has 3 rings (SSSR count). The Hall–Kier alpha value is -1.08. The van der Waals surface area contributed by atoms with E-state index in [-0.39, 0.29) is 5.76 Å². The lowest BCUT2D eigenvalue weighted by Crippen LogP contribution is -2.14. The van der Waals surface area contributed by atoms with Gasteiger partial charge in [-0.3, -0.25) is 4.57 Å². The average Bonchev–Trinajstić information content (AvgIpc) is 2.65. The second-order valence-electron chi connectivity index (χ2n) is 4.20. The molecule has 0 atom stereocenters. The van der Waals surface area contributed by atoms with E-state index in [1.165, 1.54) is 0 Å². The van der Waals surface area contributed by atoms with Crippen molar-refractivity contribution in [2.24, 2.45) is 0 Å². The van der Waals surface area contributed by atoms with E-state index in [2.05, 4.69) is 38.5 Å². The largest absolute Gasteiger partial charge is 0.420 e. The molecule has 0 saturated carbocycles. The van der Waals surface area contributed by atoms with Gasteiger partial charge in [0.1, 0.15) is 0 Å². The molecule has 5 heteroatoms. The minimum absolute atomic E-state index is 0.322. The summed E-state index contributed by atoms with van der Waals surface area (Å²) >= 11 is 5.63. The molecular formula is C14H9BrINO2. The smallest absolute Gasteiger partial charge is 0.408 e. The summed E-state index contributed by atoms with van der Waals surface area (Å²) < 4.78 is 8.97. The maximum atomic E-state index is 11.9. The van der Waals surface area contributed by atoms with E-state index in [9.17, 15) is 4.79 Å². The summed E-state index contributed by atoms with van der Waals surface area (Å²) in [5.74, 6) is -0.322. The SMILES string of the molecule is O=c1oc2cc(I)ccc2n1Cc1cccc(Br)c1. The number of hydrogen-bond acceptors (Lipinski definition) is 2. The molecule has 19 heavy (non-hydrogen) atoms. The minimum Gasteiger partial charge on any atom is -0.408 e. The summed E-state index contributed by atoms with van der Waals surface area (Å²) in [6, 6.07) is 13.7. The monoisotopic (exact) mass is 429 g/mol. The van der Waals surface area contributed by atoms with Gasteiger partial charge < -0.3 is 4.42 Å². The first-order valence-electron chi connectivity index (χ1n) is 5.67. The van der Waals surface area contributed by atoms with Crippen LogP contribution in [0.25, 0.3) is 11.1 Å². The van der Waals surface area contributed by atoms with Gasteiger partial charge in [-0.05, 0) is 58.5 Å². The van der Waals surface area contributed by atoms with Gasteiger partial charge in [0.25, 0.3) is 0 Å². The zero-order chi connectivity index (χ0) is 13.4. The number of nitrogens with zero attached hydrogens (tertiary/aromatic N) is 1. The molecule has 0 aliphatic rings. The molecule has 3 aromatic rings. The van der Waals surface area contributed by atoms with Crippen molar-refractivity contribution >= 4 is 49.6 Å². The molecule has 0 aliphatic heterocycles. The summed E-state index contributed by atoms with van der Waals surface area (Å²) in [4.78, 5) is 11.9. The van der Waals surface area contributed by atoms with E-state index in [1.807, 2.05) is 42.5 Å². The Morgan fingerprint density at radius 2 is 2.05 bits per heavy atom. The van der Waals surface area contributed by atoms with Crippen LogP contribution in [0.4, 0.5) is 0 Å². The third kappa shape index (κ3) is 2.62. The predicted molar refractivity (Wildman–Crippen MR) is 86.4 cm³/mol. The van der Waals surface area contributed by atoms with Crippen molar-refractivity contribution in [2.75, 3.05) is 0 Å². The Morgan fingerprint density at radius 1 is 1.21 bits per heavy atom. The molecule has 96 valence electrons. The maximum absolute atomic E-state index is 11.9. The van der Waals surface area contributed by atoms with Crippen LogP contribution in [0, 0.1) is 3.57 Å². The molecule has 0 fully saturated rings. The van der Waals surface area contributed by atoms with Crippen LogP contribution in [0.5, 0.6) is 0 Å². The molecule has 2 aromatic carbocycles. The van der Waals surface area contributed by atoms with Crippen molar-refractivity contribution in [2.45, 2.75) is 6.54 Å². The first-order valence-corrected chi connectivity index (χ1v) is 7.54. The molecule has 0 N–H and O–H groups in total. The highest BCUT2D eigenvalue weighted by atomic mass is 127. The highest BCUT2D eigenvalue weighted by Gasteiger charge is 2.09. The van der Waals surface area contributed by atoms with Crippen molar-refractivity contribution in [3.8, 4) is 0 Å². The lowest BCUT2D eigenvalue weighted by molar-refractivity contribution is 0.517. The van der Waals surface area contributed by atoms with E-state index >= 15 is 0 Å². The van der Waals surface area contributed by atoms with Crippen LogP contribution in [0.2, 0.25) is 0 Å². The molecule has 0 bridgehead atoms. The molecule has 0 saturated heterocycles. The van der Waals surface area contributed by atoms with Gasteiger partial charge in [0, 0.05) is 8.04 Å². The van der Waals surface area contributed by atoms with Crippen LogP contribution in [-0.2, 0) is 6.54 Å². The summed E-state index contributed by atoms with van der Waals surface area (Å²) in [5.41, 5.74) is 2.51. The van der Waals surface area contributed by atoms with Crippen molar-refractivity contribution in [1.82, 2.24) is 4.57 Å². The van der Waals surface area contributed by atoms with Crippen LogP contribution in [0.3, 0.4) is 0 Å². The van der Waals surface area contributed by atoms with Gasteiger partial charge in [-0.15, -0.1) is 0 Å². The summed E-state index contributed by atoms with van der Waals surface area (Å²) in [6.07, 6.45) is 0. The summed E-state index contributed by atoms with van der Waals surface area (Å²) in [7, 11) is 0. The topological polar surface area (TPSA) is 35.1 Å². The second kappa shape index (κ2) is 5.13. The van der Waals surface area contributed by atoms with Gasteiger partial charge in [-0.25, -0.2) is 4.79 Å². The standard InChI is InChI=1S/C14H9BrINO2/c15-10-3-1-2-9(6-10)8-17-12-5-4-11(16)7-13(12)19-14(17)18/h1-7H,8H2. The van der Waals surface area contributed by atoms with Crippen LogP contribution in [-0.4, -0.2) is 4.57 Å². The Kier molecular flexibility index (Phi) is 3.49. The molecule has 0 amide bonds. The van der Waals surface area contributed by atoms with E-state index in [0.717, 1.165) is 19.1 Å². The van der Waals surface area contributed by atoms with Crippen LogP contribution in [0.1, 0.15) is 5.56 Å². The fourth-order valence-electron chi connectivity index (χ4n) is 2.01. The lowest BCUT2D eigenvalue weighted by Gasteiger charge is -2.03. The number of rotatable bonds is 2. The highest BCUT2D eigenvalue weighted by molar-refractivity contribution is 14.1. The van der Waals surface area contributed by atoms with Crippen molar-refractivity contribution in [3.63, 3.8) is 0 Å². The fourth-order valence-corrected chi connectivity index (χ4v) is 2.92. The molecule has 0 aliphatic carbocycles. The number of fused-ring (bicyclic) bond motifs is 1. The van der Waals surface area contributed by atoms with Crippen LogP contribution >= 0.6 is 38.5 Å². The number of aromatic nitrogens is 1. The number of benzene rings is 2. The quantitative estimate of drug-likeness (QED) is 0.577. The average molecular weight is 430 g/mol. The van der Waals surface area contributed by atoms with Gasteiger partial charge in [0.2, 0.25) is 0 Å². The fraction of sp³-hybridized carbons (Fsp3) is 0.0714. The summed E-state index contributed by atoms with van der Waals surface area (Å²) in [5, 5.41) is 0. The number of oxazole rings is 1. The Bertz CT molecular complexity index is 807. The zero-order valence-corrected chi connectivity index (χ0v) is 13.5. The third-order valence-electron chi connectivity index (χ3n) is 2.86. The molecule has 0 unspecified atom stereocenters. The van der Waals surface area contributed by atoms with Crippen LogP contribution in [0.15, 0.2) is 56.1 Å². The van der Waals surface area contributed by atoms with Crippen molar-refractivity contribution < 1.29 is 4.42 Å². The zero-order valence-electron chi connectivity index (χ0n) is 9.77. The normalized spacial score (nSPS) is 11.1. The minimum atomic E-state index is -0.322. The number of halogens is 2. The van der Waals surface area contributed by atoms with Crippen molar-refractivity contribution in [1.29, 1.82) is 0 Å². The molecular weight excluding hydrogens is 421 g/mol. The van der Waals surface area contributed by atoms with E-state index in [4.69, 9.17) is 4.42 Å². The Labute approximate surface area is 131 Å². The molecule has 3 nitrogen and oxygen atoms in total. The van der Waals surface area contributed by atoms with Gasteiger partial charge in [0.15, 0.2) is 5.58 Å². The molecule has 0 radical (unpaired) electrons. The van der Waals surface area contributed by atoms with Gasteiger partial charge >= 0.3 is 5.76 Å². The summed E-state index contributed by atoms with van der Waals surface area (Å²) in [6.45, 7) is 0.506. The molecule has 1 aromatic heterocycles. The van der Waals surface area contributed by atoms with Gasteiger partial charge in [-0.2, -0.15) is 0 Å². The predicted octanol–water partition coefficient (Wildman–Crippen LogP) is 4.01. The third-order valence-corrected chi connectivity index (χ3v) is 4.02. The molecule has 1 heterocycles. The first kappa shape index (κ1) is 12.9. The van der Waals surface area contributed by atoms with Crippen molar-refractivity contribution in [3.05, 3.63) is 66.6 Å². The maximum Gasteiger partial charge on any atom is 0.420 e.